The van der Waals surface area contributed by atoms with E-state index in [2.05, 4.69) is 4.76 Å². The van der Waals surface area contributed by atoms with E-state index in [9.17, 15) is 10.1 Å². The average molecular weight is 116 g/mol. The first-order valence-corrected chi connectivity index (χ1v) is 1.55. The molecule has 0 atom stereocenters. The minimum absolute atomic E-state index is 1.09. The topological polar surface area (TPSA) is 96.4 Å². The van der Waals surface area contributed by atoms with Crippen LogP contribution in [-0.2, 0) is 4.76 Å². The highest BCUT2D eigenvalue weighted by molar-refractivity contribution is 6.51. The summed E-state index contributed by atoms with van der Waals surface area (Å²) < 4.78 is 3.32. The zero-order chi connectivity index (χ0) is 6.57. The van der Waals surface area contributed by atoms with Crippen LogP contribution in [0.25, 0.3) is 0 Å². The zero-order valence-electron chi connectivity index (χ0n) is 3.64. The Balaban J connectivity index is 3.43. The second kappa shape index (κ2) is 2.82. The van der Waals surface area contributed by atoms with Gasteiger partial charge in [0.2, 0.25) is 0 Å². The highest BCUT2D eigenvalue weighted by atomic mass is 16.9. The van der Waals surface area contributed by atoms with Gasteiger partial charge < -0.3 is 9.78 Å². The molecule has 0 fully saturated rings. The van der Waals surface area contributed by atoms with E-state index in [1.54, 1.807) is 0 Å². The summed E-state index contributed by atoms with van der Waals surface area (Å²) in [5.74, 6) is 1.09. The van der Waals surface area contributed by atoms with Crippen molar-refractivity contribution >= 4 is 7.12 Å². The summed E-state index contributed by atoms with van der Waals surface area (Å²) >= 11 is 0. The Morgan fingerprint density at radius 2 is 2.50 bits per heavy atom. The maximum Gasteiger partial charge on any atom is 0.613 e. The van der Waals surface area contributed by atoms with Crippen molar-refractivity contribution in [1.82, 2.24) is 0 Å². The van der Waals surface area contributed by atoms with Crippen molar-refractivity contribution in [2.75, 3.05) is 0 Å². The first-order chi connectivity index (χ1) is 3.66. The minimum atomic E-state index is -1.97. The molecule has 0 bridgehead atoms. The summed E-state index contributed by atoms with van der Waals surface area (Å²) in [6.45, 7) is 0. The largest absolute Gasteiger partial charge is 0.613 e. The Morgan fingerprint density at radius 1 is 2.00 bits per heavy atom. The smallest absolute Gasteiger partial charge is 0.417 e. The van der Waals surface area contributed by atoms with Crippen molar-refractivity contribution in [3.8, 4) is 5.97 Å². The van der Waals surface area contributed by atoms with Crippen LogP contribution in [0.2, 0.25) is 0 Å². The molecule has 6 nitrogen and oxygen atoms in total. The van der Waals surface area contributed by atoms with Gasteiger partial charge in [-0.3, -0.25) is 0 Å². The van der Waals surface area contributed by atoms with Gasteiger partial charge >= 0.3 is 7.12 Å². The van der Waals surface area contributed by atoms with Crippen LogP contribution in [0.5, 0.6) is 0 Å². The Bertz CT molecular complexity index is 128. The van der Waals surface area contributed by atoms with Crippen LogP contribution < -0.4 is 0 Å². The third-order valence-electron chi connectivity index (χ3n) is 0.296. The van der Waals surface area contributed by atoms with Crippen LogP contribution in [0.4, 0.5) is 0 Å². The van der Waals surface area contributed by atoms with Gasteiger partial charge in [-0.1, -0.05) is 0 Å². The molecule has 0 radical (unpaired) electrons. The quantitative estimate of drug-likeness (QED) is 0.275. The minimum Gasteiger partial charge on any atom is -0.417 e. The first kappa shape index (κ1) is 6.71. The number of hydrogen-bond donors (Lipinski definition) is 1. The molecular formula is CHBN2O4. The molecular weight excluding hydrogens is 115 g/mol. The van der Waals surface area contributed by atoms with E-state index in [4.69, 9.17) is 10.3 Å². The van der Waals surface area contributed by atoms with Crippen molar-refractivity contribution < 1.29 is 14.9 Å². The number of nitrogens with zero attached hydrogens (tertiary/aromatic N) is 2. The summed E-state index contributed by atoms with van der Waals surface area (Å²) in [6, 6.07) is 0. The van der Waals surface area contributed by atoms with Gasteiger partial charge in [0.25, 0.3) is 5.09 Å². The van der Waals surface area contributed by atoms with Crippen LogP contribution in [0.15, 0.2) is 0 Å². The van der Waals surface area contributed by atoms with E-state index in [1.165, 1.54) is 0 Å². The van der Waals surface area contributed by atoms with E-state index in [0.717, 1.165) is 5.97 Å². The maximum atomic E-state index is 9.24. The third-order valence-corrected chi connectivity index (χ3v) is 0.296. The molecule has 0 unspecified atom stereocenters. The molecule has 0 saturated carbocycles. The van der Waals surface area contributed by atoms with E-state index in [0.29, 0.717) is 0 Å². The Kier molecular flexibility index (Phi) is 2.36. The van der Waals surface area contributed by atoms with E-state index in [1.807, 2.05) is 0 Å². The van der Waals surface area contributed by atoms with Crippen molar-refractivity contribution in [3.05, 3.63) is 10.1 Å². The SMILES string of the molecule is N#CB(O)O[N+](=O)[O-]. The molecule has 0 heterocycles. The predicted octanol–water partition coefficient (Wildman–Crippen LogP) is -1.26. The van der Waals surface area contributed by atoms with Gasteiger partial charge in [-0.2, -0.15) is 0 Å². The van der Waals surface area contributed by atoms with Crippen molar-refractivity contribution in [1.29, 1.82) is 5.26 Å². The van der Waals surface area contributed by atoms with Crippen LogP contribution in [-0.4, -0.2) is 17.2 Å². The molecule has 0 aromatic carbocycles. The Morgan fingerprint density at radius 3 is 2.62 bits per heavy atom. The monoisotopic (exact) mass is 116 g/mol. The third kappa shape index (κ3) is 2.93. The van der Waals surface area contributed by atoms with Gasteiger partial charge in [0, 0.05) is 0 Å². The fraction of sp³-hybridized carbons (Fsp3) is 0. The molecule has 0 aliphatic heterocycles. The highest BCUT2D eigenvalue weighted by Gasteiger charge is 2.14. The molecule has 1 N–H and O–H groups in total. The van der Waals surface area contributed by atoms with E-state index < -0.39 is 12.2 Å². The van der Waals surface area contributed by atoms with Gasteiger partial charge in [-0.15, -0.1) is 10.1 Å². The molecule has 0 saturated heterocycles. The van der Waals surface area contributed by atoms with Crippen LogP contribution in [0, 0.1) is 21.3 Å². The predicted molar refractivity (Wildman–Crippen MR) is 21.7 cm³/mol. The van der Waals surface area contributed by atoms with Crippen LogP contribution >= 0.6 is 0 Å². The molecule has 0 aliphatic rings. The number of rotatable bonds is 2. The summed E-state index contributed by atoms with van der Waals surface area (Å²) in [5, 5.41) is 23.7. The van der Waals surface area contributed by atoms with E-state index >= 15 is 0 Å². The van der Waals surface area contributed by atoms with Crippen molar-refractivity contribution in [2.45, 2.75) is 0 Å². The lowest BCUT2D eigenvalue weighted by Crippen LogP contribution is -2.19. The molecule has 0 aromatic heterocycles. The van der Waals surface area contributed by atoms with Crippen LogP contribution in [0.1, 0.15) is 0 Å². The highest BCUT2D eigenvalue weighted by Crippen LogP contribution is 1.76. The zero-order valence-corrected chi connectivity index (χ0v) is 3.64. The van der Waals surface area contributed by atoms with E-state index in [-0.39, 0.29) is 0 Å². The van der Waals surface area contributed by atoms with Gasteiger partial charge in [0.15, 0.2) is 0 Å². The summed E-state index contributed by atoms with van der Waals surface area (Å²) in [5.41, 5.74) is 0. The summed E-state index contributed by atoms with van der Waals surface area (Å²) in [4.78, 5) is 9.24. The molecule has 0 aliphatic carbocycles. The fourth-order valence-electron chi connectivity index (χ4n) is 0.105. The van der Waals surface area contributed by atoms with Crippen molar-refractivity contribution in [2.24, 2.45) is 0 Å². The number of nitriles is 1. The average Bonchev–Trinajstić information content (AvgIpc) is 1.65. The molecule has 0 aromatic rings. The second-order valence-electron chi connectivity index (χ2n) is 0.810. The molecule has 0 rings (SSSR count). The molecule has 42 valence electrons. The normalized spacial score (nSPS) is 7.00. The molecule has 0 spiro atoms. The van der Waals surface area contributed by atoms with Crippen LogP contribution in [0.3, 0.4) is 0 Å². The Hall–Kier alpha value is -1.29. The molecule has 8 heavy (non-hydrogen) atoms. The first-order valence-electron chi connectivity index (χ1n) is 1.55. The molecule has 0 amide bonds. The summed E-state index contributed by atoms with van der Waals surface area (Å²) in [7, 11) is -1.97. The lowest BCUT2D eigenvalue weighted by Gasteiger charge is -1.88. The van der Waals surface area contributed by atoms with Gasteiger partial charge in [0.1, 0.15) is 0 Å². The lowest BCUT2D eigenvalue weighted by atomic mass is 9.96. The maximum absolute atomic E-state index is 9.24. The van der Waals surface area contributed by atoms with Crippen molar-refractivity contribution in [3.63, 3.8) is 0 Å². The Labute approximate surface area is 44.5 Å². The fourth-order valence-corrected chi connectivity index (χ4v) is 0.105. The van der Waals surface area contributed by atoms with Gasteiger partial charge in [0.05, 0.1) is 5.97 Å². The second-order valence-corrected chi connectivity index (χ2v) is 0.810. The lowest BCUT2D eigenvalue weighted by molar-refractivity contribution is -0.720. The summed E-state index contributed by atoms with van der Waals surface area (Å²) in [6.07, 6.45) is 0. The van der Waals surface area contributed by atoms with Gasteiger partial charge in [-0.05, 0) is 0 Å². The molecule has 7 heteroatoms. The number of hydrogen-bond acceptors (Lipinski definition) is 5. The standard InChI is InChI=1S/CHBN2O4/c3-1-2(5)8-4(6)7/h5H. The van der Waals surface area contributed by atoms with Gasteiger partial charge in [-0.25, -0.2) is 5.26 Å².